The van der Waals surface area contributed by atoms with Crippen LogP contribution in [0.1, 0.15) is 0 Å². The topological polar surface area (TPSA) is 84.6 Å². The third-order valence-corrected chi connectivity index (χ3v) is 2.61. The Hall–Kier alpha value is -1.69. The molecular weight excluding hydrogens is 214 g/mol. The summed E-state index contributed by atoms with van der Waals surface area (Å²) in [5, 5.41) is 11.7. The first kappa shape index (κ1) is 9.85. The molecule has 0 aliphatic rings. The minimum Gasteiger partial charge on any atom is -0.431 e. The van der Waals surface area contributed by atoms with E-state index in [2.05, 4.69) is 10.1 Å². The maximum absolute atomic E-state index is 8.35. The van der Waals surface area contributed by atoms with E-state index in [-0.39, 0.29) is 5.84 Å². The molecule has 78 valence electrons. The van der Waals surface area contributed by atoms with Crippen LogP contribution in [-0.2, 0) is 0 Å². The van der Waals surface area contributed by atoms with Crippen molar-refractivity contribution in [3.8, 4) is 0 Å². The average molecular weight is 223 g/mol. The van der Waals surface area contributed by atoms with Crippen LogP contribution >= 0.6 is 11.8 Å². The number of aromatic nitrogens is 1. The number of nitrogens with zero attached hydrogens (tertiary/aromatic N) is 2. The second-order valence-corrected chi connectivity index (χ2v) is 3.75. The van der Waals surface area contributed by atoms with Gasteiger partial charge >= 0.3 is 0 Å². The molecule has 0 radical (unpaired) electrons. The molecule has 0 saturated heterocycles. The number of hydrogen-bond acceptors (Lipinski definition) is 5. The molecule has 0 atom stereocenters. The van der Waals surface area contributed by atoms with Crippen molar-refractivity contribution in [3.63, 3.8) is 0 Å². The molecule has 2 aromatic rings. The fourth-order valence-electron chi connectivity index (χ4n) is 1.08. The minimum atomic E-state index is 0.141. The van der Waals surface area contributed by atoms with E-state index in [1.165, 1.54) is 11.8 Å². The number of benzene rings is 1. The van der Waals surface area contributed by atoms with Crippen LogP contribution < -0.4 is 5.73 Å². The molecule has 6 heteroatoms. The molecule has 0 fully saturated rings. The third-order valence-electron chi connectivity index (χ3n) is 1.75. The van der Waals surface area contributed by atoms with Gasteiger partial charge in [0, 0.05) is 0 Å². The van der Waals surface area contributed by atoms with Crippen molar-refractivity contribution in [1.29, 1.82) is 0 Å². The van der Waals surface area contributed by atoms with E-state index in [9.17, 15) is 0 Å². The van der Waals surface area contributed by atoms with E-state index in [0.717, 1.165) is 11.1 Å². The summed E-state index contributed by atoms with van der Waals surface area (Å²) >= 11 is 1.29. The molecule has 1 heterocycles. The van der Waals surface area contributed by atoms with Gasteiger partial charge in [-0.05, 0) is 12.1 Å². The summed E-state index contributed by atoms with van der Waals surface area (Å²) in [4.78, 5) is 4.22. The van der Waals surface area contributed by atoms with Crippen LogP contribution in [0.4, 0.5) is 0 Å². The molecule has 2 rings (SSSR count). The third kappa shape index (κ3) is 2.21. The molecule has 0 unspecified atom stereocenters. The van der Waals surface area contributed by atoms with Gasteiger partial charge in [0.05, 0.1) is 5.75 Å². The van der Waals surface area contributed by atoms with Gasteiger partial charge in [0.1, 0.15) is 11.4 Å². The van der Waals surface area contributed by atoms with Gasteiger partial charge in [0.25, 0.3) is 5.22 Å². The van der Waals surface area contributed by atoms with Crippen molar-refractivity contribution in [2.45, 2.75) is 5.22 Å². The molecule has 0 aliphatic carbocycles. The minimum absolute atomic E-state index is 0.141. The fourth-order valence-corrected chi connectivity index (χ4v) is 1.72. The van der Waals surface area contributed by atoms with Gasteiger partial charge in [-0.1, -0.05) is 29.1 Å². The molecule has 15 heavy (non-hydrogen) atoms. The number of amidine groups is 1. The lowest BCUT2D eigenvalue weighted by Gasteiger charge is -1.92. The van der Waals surface area contributed by atoms with E-state index in [4.69, 9.17) is 15.4 Å². The van der Waals surface area contributed by atoms with Gasteiger partial charge in [0.2, 0.25) is 0 Å². The van der Waals surface area contributed by atoms with Gasteiger partial charge in [0.15, 0.2) is 5.58 Å². The van der Waals surface area contributed by atoms with E-state index in [0.29, 0.717) is 11.0 Å². The zero-order valence-corrected chi connectivity index (χ0v) is 8.57. The first-order chi connectivity index (χ1) is 7.29. The second kappa shape index (κ2) is 4.22. The van der Waals surface area contributed by atoms with Gasteiger partial charge in [-0.3, -0.25) is 0 Å². The van der Waals surface area contributed by atoms with Crippen LogP contribution in [0.2, 0.25) is 0 Å². The normalized spacial score (nSPS) is 12.1. The number of rotatable bonds is 3. The Morgan fingerprint density at radius 3 is 3.07 bits per heavy atom. The Morgan fingerprint density at radius 1 is 1.53 bits per heavy atom. The average Bonchev–Trinajstić information content (AvgIpc) is 2.68. The number of thioether (sulfide) groups is 1. The zero-order valence-electron chi connectivity index (χ0n) is 7.75. The molecule has 1 aromatic heterocycles. The van der Waals surface area contributed by atoms with Crippen LogP contribution in [0, 0.1) is 0 Å². The Morgan fingerprint density at radius 2 is 2.33 bits per heavy atom. The van der Waals surface area contributed by atoms with Crippen molar-refractivity contribution in [2.24, 2.45) is 10.9 Å². The summed E-state index contributed by atoms with van der Waals surface area (Å²) in [6, 6.07) is 7.48. The van der Waals surface area contributed by atoms with Gasteiger partial charge < -0.3 is 15.4 Å². The monoisotopic (exact) mass is 223 g/mol. The first-order valence-corrected chi connectivity index (χ1v) is 5.23. The maximum atomic E-state index is 8.35. The number of hydrogen-bond donors (Lipinski definition) is 2. The number of fused-ring (bicyclic) bond motifs is 1. The van der Waals surface area contributed by atoms with E-state index < -0.39 is 0 Å². The summed E-state index contributed by atoms with van der Waals surface area (Å²) in [6.45, 7) is 0. The van der Waals surface area contributed by atoms with Crippen molar-refractivity contribution in [1.82, 2.24) is 4.98 Å². The molecule has 1 aromatic carbocycles. The Labute approximate surface area is 90.0 Å². The lowest BCUT2D eigenvalue weighted by atomic mass is 10.3. The summed E-state index contributed by atoms with van der Waals surface area (Å²) in [6.07, 6.45) is 0. The van der Waals surface area contributed by atoms with E-state index >= 15 is 0 Å². The highest BCUT2D eigenvalue weighted by molar-refractivity contribution is 7.99. The molecule has 0 saturated carbocycles. The highest BCUT2D eigenvalue weighted by Gasteiger charge is 2.06. The summed E-state index contributed by atoms with van der Waals surface area (Å²) in [7, 11) is 0. The molecule has 0 amide bonds. The van der Waals surface area contributed by atoms with Crippen LogP contribution in [0.15, 0.2) is 39.1 Å². The van der Waals surface area contributed by atoms with E-state index in [1.54, 1.807) is 0 Å². The Kier molecular flexibility index (Phi) is 2.77. The molecule has 5 nitrogen and oxygen atoms in total. The maximum Gasteiger partial charge on any atom is 0.257 e. The predicted octanol–water partition coefficient (Wildman–Crippen LogP) is 1.67. The van der Waals surface area contributed by atoms with Gasteiger partial charge in [-0.25, -0.2) is 4.98 Å². The molecule has 0 bridgehead atoms. The molecular formula is C9H9N3O2S. The lowest BCUT2D eigenvalue weighted by Crippen LogP contribution is -2.14. The predicted molar refractivity (Wildman–Crippen MR) is 58.1 cm³/mol. The highest BCUT2D eigenvalue weighted by atomic mass is 32.2. The number of oxime groups is 1. The number of nitrogens with two attached hydrogens (primary N) is 1. The largest absolute Gasteiger partial charge is 0.431 e. The van der Waals surface area contributed by atoms with Gasteiger partial charge in [-0.2, -0.15) is 0 Å². The highest BCUT2D eigenvalue weighted by Crippen LogP contribution is 2.22. The van der Waals surface area contributed by atoms with Crippen LogP contribution in [0.5, 0.6) is 0 Å². The molecule has 3 N–H and O–H groups in total. The smallest absolute Gasteiger partial charge is 0.257 e. The van der Waals surface area contributed by atoms with Crippen molar-refractivity contribution in [3.05, 3.63) is 24.3 Å². The van der Waals surface area contributed by atoms with Crippen LogP contribution in [0.3, 0.4) is 0 Å². The zero-order chi connectivity index (χ0) is 10.7. The van der Waals surface area contributed by atoms with Crippen LogP contribution in [-0.4, -0.2) is 21.8 Å². The SMILES string of the molecule is N/C(CSc1nc2ccccc2o1)=N\O. The number of para-hydroxylation sites is 2. The standard InChI is InChI=1S/C9H9N3O2S/c10-8(12-13)5-15-9-11-6-3-1-2-4-7(6)14-9/h1-4,13H,5H2,(H2,10,12). The number of oxazole rings is 1. The van der Waals surface area contributed by atoms with Crippen molar-refractivity contribution >= 4 is 28.7 Å². The first-order valence-electron chi connectivity index (χ1n) is 4.24. The summed E-state index contributed by atoms with van der Waals surface area (Å²) in [5.41, 5.74) is 6.87. The summed E-state index contributed by atoms with van der Waals surface area (Å²) < 4.78 is 5.42. The van der Waals surface area contributed by atoms with Crippen molar-refractivity contribution < 1.29 is 9.62 Å². The van der Waals surface area contributed by atoms with E-state index in [1.807, 2.05) is 24.3 Å². The fraction of sp³-hybridized carbons (Fsp3) is 0.111. The second-order valence-electron chi connectivity index (χ2n) is 2.83. The molecule has 0 aliphatic heterocycles. The Balaban J connectivity index is 2.15. The Bertz CT molecular complexity index is 462. The summed E-state index contributed by atoms with van der Waals surface area (Å²) in [5.74, 6) is 0.491. The van der Waals surface area contributed by atoms with Crippen molar-refractivity contribution in [2.75, 3.05) is 5.75 Å². The quantitative estimate of drug-likeness (QED) is 0.272. The lowest BCUT2D eigenvalue weighted by molar-refractivity contribution is 0.318. The molecule has 0 spiro atoms. The van der Waals surface area contributed by atoms with Gasteiger partial charge in [-0.15, -0.1) is 0 Å². The van der Waals surface area contributed by atoms with Crippen LogP contribution in [0.25, 0.3) is 11.1 Å².